The van der Waals surface area contributed by atoms with Crippen molar-refractivity contribution in [3.63, 3.8) is 0 Å². The van der Waals surface area contributed by atoms with Gasteiger partial charge in [0, 0.05) is 5.56 Å². The Bertz CT molecular complexity index is 483. The second-order valence-corrected chi connectivity index (χ2v) is 3.81. The minimum atomic E-state index is 0.390. The van der Waals surface area contributed by atoms with E-state index in [9.17, 15) is 0 Å². The van der Waals surface area contributed by atoms with E-state index in [0.29, 0.717) is 18.9 Å². The van der Waals surface area contributed by atoms with Crippen LogP contribution in [0.3, 0.4) is 0 Å². The summed E-state index contributed by atoms with van der Waals surface area (Å²) in [6.07, 6.45) is 3.92. The Morgan fingerprint density at radius 3 is 2.94 bits per heavy atom. The summed E-state index contributed by atoms with van der Waals surface area (Å²) in [6, 6.07) is 5.78. The third-order valence-corrected chi connectivity index (χ3v) is 2.56. The van der Waals surface area contributed by atoms with E-state index in [1.165, 1.54) is 0 Å². The molecule has 0 unspecified atom stereocenters. The lowest BCUT2D eigenvalue weighted by Gasteiger charge is -2.14. The molecule has 18 heavy (non-hydrogen) atoms. The number of hydrogen-bond donors (Lipinski definition) is 1. The van der Waals surface area contributed by atoms with Gasteiger partial charge < -0.3 is 19.7 Å². The second kappa shape index (κ2) is 6.07. The van der Waals surface area contributed by atoms with Gasteiger partial charge in [-0.3, -0.25) is 0 Å². The highest BCUT2D eigenvalue weighted by Gasteiger charge is 2.10. The Labute approximate surface area is 105 Å². The molecule has 1 heterocycles. The first-order chi connectivity index (χ1) is 8.85. The minimum absolute atomic E-state index is 0.390. The summed E-state index contributed by atoms with van der Waals surface area (Å²) in [5.74, 6) is 1.43. The number of nitrogens with zero attached hydrogens (tertiary/aromatic N) is 1. The van der Waals surface area contributed by atoms with Crippen molar-refractivity contribution >= 4 is 0 Å². The molecule has 0 fully saturated rings. The zero-order valence-corrected chi connectivity index (χ0v) is 10.3. The molecule has 0 bridgehead atoms. The SMILES string of the molecule is COc1cccc(CCN)c1OCc1cnoc1. The molecule has 1 aromatic carbocycles. The quantitative estimate of drug-likeness (QED) is 0.843. The van der Waals surface area contributed by atoms with E-state index in [1.807, 2.05) is 18.2 Å². The number of para-hydroxylation sites is 1. The molecule has 0 radical (unpaired) electrons. The lowest BCUT2D eigenvalue weighted by molar-refractivity contribution is 0.280. The molecular formula is C13H16N2O3. The van der Waals surface area contributed by atoms with E-state index in [2.05, 4.69) is 5.16 Å². The average Bonchev–Trinajstić information content (AvgIpc) is 2.90. The van der Waals surface area contributed by atoms with E-state index < -0.39 is 0 Å². The average molecular weight is 248 g/mol. The van der Waals surface area contributed by atoms with Gasteiger partial charge in [-0.25, -0.2) is 0 Å². The Balaban J connectivity index is 2.18. The lowest BCUT2D eigenvalue weighted by Crippen LogP contribution is -2.06. The van der Waals surface area contributed by atoms with Crippen LogP contribution in [0.5, 0.6) is 11.5 Å². The summed E-state index contributed by atoms with van der Waals surface area (Å²) < 4.78 is 15.8. The first kappa shape index (κ1) is 12.4. The smallest absolute Gasteiger partial charge is 0.164 e. The number of methoxy groups -OCH3 is 1. The van der Waals surface area contributed by atoms with Gasteiger partial charge >= 0.3 is 0 Å². The predicted molar refractivity (Wildman–Crippen MR) is 66.6 cm³/mol. The molecule has 1 aromatic heterocycles. The molecule has 0 aliphatic heterocycles. The van der Waals surface area contributed by atoms with Gasteiger partial charge in [-0.1, -0.05) is 17.3 Å². The minimum Gasteiger partial charge on any atom is -0.493 e. The summed E-state index contributed by atoms with van der Waals surface area (Å²) in [5.41, 5.74) is 7.50. The van der Waals surface area contributed by atoms with Crippen molar-refractivity contribution < 1.29 is 14.0 Å². The van der Waals surface area contributed by atoms with Crippen LogP contribution in [0.4, 0.5) is 0 Å². The summed E-state index contributed by atoms with van der Waals surface area (Å²) >= 11 is 0. The Kier molecular flexibility index (Phi) is 4.20. The lowest BCUT2D eigenvalue weighted by atomic mass is 10.1. The summed E-state index contributed by atoms with van der Waals surface area (Å²) in [5, 5.41) is 3.63. The maximum absolute atomic E-state index is 5.78. The van der Waals surface area contributed by atoms with Crippen molar-refractivity contribution in [3.05, 3.63) is 41.8 Å². The van der Waals surface area contributed by atoms with Gasteiger partial charge in [0.15, 0.2) is 11.5 Å². The molecule has 5 heteroatoms. The topological polar surface area (TPSA) is 70.5 Å². The largest absolute Gasteiger partial charge is 0.493 e. The van der Waals surface area contributed by atoms with Gasteiger partial charge in [0.2, 0.25) is 0 Å². The van der Waals surface area contributed by atoms with Crippen molar-refractivity contribution in [1.82, 2.24) is 5.16 Å². The van der Waals surface area contributed by atoms with Crippen molar-refractivity contribution in [1.29, 1.82) is 0 Å². The third kappa shape index (κ3) is 2.81. The first-order valence-corrected chi connectivity index (χ1v) is 5.72. The number of aromatic nitrogens is 1. The van der Waals surface area contributed by atoms with E-state index in [0.717, 1.165) is 23.3 Å². The number of hydrogen-bond acceptors (Lipinski definition) is 5. The molecule has 96 valence electrons. The molecule has 2 N–H and O–H groups in total. The maximum atomic E-state index is 5.78. The van der Waals surface area contributed by atoms with Gasteiger partial charge in [-0.2, -0.15) is 0 Å². The molecule has 0 saturated heterocycles. The molecule has 5 nitrogen and oxygen atoms in total. The van der Waals surface area contributed by atoms with Gasteiger partial charge in [-0.05, 0) is 24.6 Å². The van der Waals surface area contributed by atoms with Crippen molar-refractivity contribution in [2.45, 2.75) is 13.0 Å². The molecule has 0 spiro atoms. The zero-order chi connectivity index (χ0) is 12.8. The van der Waals surface area contributed by atoms with E-state index in [1.54, 1.807) is 19.6 Å². The van der Waals surface area contributed by atoms with Crippen LogP contribution in [-0.2, 0) is 13.0 Å². The highest BCUT2D eigenvalue weighted by atomic mass is 16.5. The second-order valence-electron chi connectivity index (χ2n) is 3.81. The van der Waals surface area contributed by atoms with Gasteiger partial charge in [0.05, 0.1) is 13.3 Å². The van der Waals surface area contributed by atoms with Gasteiger partial charge in [-0.15, -0.1) is 0 Å². The van der Waals surface area contributed by atoms with Crippen molar-refractivity contribution in [2.75, 3.05) is 13.7 Å². The van der Waals surface area contributed by atoms with Crippen LogP contribution in [0.2, 0.25) is 0 Å². The number of nitrogens with two attached hydrogens (primary N) is 1. The fourth-order valence-electron chi connectivity index (χ4n) is 1.69. The third-order valence-electron chi connectivity index (χ3n) is 2.56. The van der Waals surface area contributed by atoms with Crippen LogP contribution in [-0.4, -0.2) is 18.8 Å². The monoisotopic (exact) mass is 248 g/mol. The number of benzene rings is 1. The fourth-order valence-corrected chi connectivity index (χ4v) is 1.69. The molecule has 0 atom stereocenters. The van der Waals surface area contributed by atoms with Crippen LogP contribution in [0.25, 0.3) is 0 Å². The standard InChI is InChI=1S/C13H16N2O3/c1-16-12-4-2-3-11(5-6-14)13(12)17-8-10-7-15-18-9-10/h2-4,7,9H,5-6,8,14H2,1H3. The van der Waals surface area contributed by atoms with Crippen molar-refractivity contribution in [3.8, 4) is 11.5 Å². The van der Waals surface area contributed by atoms with Crippen LogP contribution in [0, 0.1) is 0 Å². The molecule has 2 rings (SSSR count). The van der Waals surface area contributed by atoms with Crippen LogP contribution >= 0.6 is 0 Å². The highest BCUT2D eigenvalue weighted by Crippen LogP contribution is 2.31. The van der Waals surface area contributed by atoms with Crippen molar-refractivity contribution in [2.24, 2.45) is 5.73 Å². The maximum Gasteiger partial charge on any atom is 0.164 e. The summed E-state index contributed by atoms with van der Waals surface area (Å²) in [7, 11) is 1.62. The Morgan fingerprint density at radius 2 is 2.28 bits per heavy atom. The number of ether oxygens (including phenoxy) is 2. The highest BCUT2D eigenvalue weighted by molar-refractivity contribution is 5.46. The van der Waals surface area contributed by atoms with Crippen LogP contribution < -0.4 is 15.2 Å². The Hall–Kier alpha value is -2.01. The summed E-state index contributed by atoms with van der Waals surface area (Å²) in [4.78, 5) is 0. The van der Waals surface area contributed by atoms with Crippen LogP contribution in [0.1, 0.15) is 11.1 Å². The normalized spacial score (nSPS) is 10.3. The molecular weight excluding hydrogens is 232 g/mol. The van der Waals surface area contributed by atoms with E-state index in [-0.39, 0.29) is 0 Å². The first-order valence-electron chi connectivity index (χ1n) is 5.72. The van der Waals surface area contributed by atoms with Gasteiger partial charge in [0.25, 0.3) is 0 Å². The van der Waals surface area contributed by atoms with Gasteiger partial charge in [0.1, 0.15) is 12.9 Å². The predicted octanol–water partition coefficient (Wildman–Crippen LogP) is 1.76. The molecule has 0 amide bonds. The zero-order valence-electron chi connectivity index (χ0n) is 10.3. The fraction of sp³-hybridized carbons (Fsp3) is 0.308. The van der Waals surface area contributed by atoms with E-state index >= 15 is 0 Å². The molecule has 0 aliphatic rings. The van der Waals surface area contributed by atoms with E-state index in [4.69, 9.17) is 19.7 Å². The Morgan fingerprint density at radius 1 is 1.39 bits per heavy atom. The molecule has 2 aromatic rings. The summed E-state index contributed by atoms with van der Waals surface area (Å²) in [6.45, 7) is 0.957. The molecule has 0 aliphatic carbocycles. The van der Waals surface area contributed by atoms with Crippen LogP contribution in [0.15, 0.2) is 35.2 Å². The number of rotatable bonds is 6. The molecule has 0 saturated carbocycles.